The van der Waals surface area contributed by atoms with Crippen molar-refractivity contribution in [3.63, 3.8) is 0 Å². The van der Waals surface area contributed by atoms with Crippen LogP contribution in [0.4, 0.5) is 5.69 Å². The van der Waals surface area contributed by atoms with Crippen LogP contribution in [0.3, 0.4) is 0 Å². The third-order valence-electron chi connectivity index (χ3n) is 8.63. The van der Waals surface area contributed by atoms with E-state index in [-0.39, 0.29) is 36.3 Å². The number of para-hydroxylation sites is 2. The van der Waals surface area contributed by atoms with Crippen molar-refractivity contribution in [2.75, 3.05) is 25.0 Å². The molecule has 0 radical (unpaired) electrons. The third kappa shape index (κ3) is 7.11. The molecule has 8 heteroatoms. The number of fused-ring (bicyclic) bond motifs is 1. The maximum absolute atomic E-state index is 12.9. The lowest BCUT2D eigenvalue weighted by molar-refractivity contribution is -0.276. The van der Waals surface area contributed by atoms with Crippen LogP contribution in [0.15, 0.2) is 79.0 Å². The molecule has 6 rings (SSSR count). The van der Waals surface area contributed by atoms with Gasteiger partial charge in [-0.05, 0) is 61.3 Å². The van der Waals surface area contributed by atoms with Crippen molar-refractivity contribution in [2.45, 2.75) is 64.1 Å². The van der Waals surface area contributed by atoms with Crippen LogP contribution < -0.4 is 5.32 Å². The zero-order valence-corrected chi connectivity index (χ0v) is 24.7. The maximum atomic E-state index is 12.9. The fourth-order valence-electron chi connectivity index (χ4n) is 6.06. The highest BCUT2D eigenvalue weighted by Crippen LogP contribution is 2.42. The number of nitrogens with one attached hydrogen (secondary N) is 1. The quantitative estimate of drug-likeness (QED) is 0.260. The van der Waals surface area contributed by atoms with Gasteiger partial charge in [0.15, 0.2) is 6.29 Å². The number of carbonyl (C=O) groups excluding carboxylic acids is 1. The zero-order valence-electron chi connectivity index (χ0n) is 24.7. The van der Waals surface area contributed by atoms with E-state index in [0.29, 0.717) is 11.2 Å². The van der Waals surface area contributed by atoms with E-state index in [1.54, 1.807) is 0 Å². The first-order chi connectivity index (χ1) is 21.1. The van der Waals surface area contributed by atoms with Gasteiger partial charge < -0.3 is 24.8 Å². The molecule has 3 heterocycles. The highest BCUT2D eigenvalue weighted by Gasteiger charge is 2.39. The SMILES string of the molecule is C[C@@H]1[C@H](CN2CCCCCCC2)O[C@H](c2ccc(NC(=O)c3cnc4ccccc4n3)cc2)O[C@@H]1c1ccc(CO)cc1. The molecule has 2 aliphatic heterocycles. The summed E-state index contributed by atoms with van der Waals surface area (Å²) < 4.78 is 13.3. The molecule has 0 aliphatic carbocycles. The van der Waals surface area contributed by atoms with Gasteiger partial charge in [-0.3, -0.25) is 9.78 Å². The third-order valence-corrected chi connectivity index (χ3v) is 8.63. The molecular formula is C35H40N4O4. The Morgan fingerprint density at radius 3 is 2.28 bits per heavy atom. The lowest BCUT2D eigenvalue weighted by Gasteiger charge is -2.43. The van der Waals surface area contributed by atoms with Crippen molar-refractivity contribution in [3.05, 3.63) is 101 Å². The summed E-state index contributed by atoms with van der Waals surface area (Å²) in [6, 6.07) is 23.1. The fourth-order valence-corrected chi connectivity index (χ4v) is 6.06. The molecule has 2 aliphatic rings. The topological polar surface area (TPSA) is 96.8 Å². The number of benzene rings is 3. The Morgan fingerprint density at radius 1 is 0.884 bits per heavy atom. The molecule has 224 valence electrons. The molecule has 8 nitrogen and oxygen atoms in total. The van der Waals surface area contributed by atoms with Gasteiger partial charge in [0.05, 0.1) is 36.0 Å². The molecule has 4 aromatic rings. The summed E-state index contributed by atoms with van der Waals surface area (Å²) in [5, 5.41) is 12.5. The molecule has 2 fully saturated rings. The summed E-state index contributed by atoms with van der Waals surface area (Å²) in [4.78, 5) is 24.3. The summed E-state index contributed by atoms with van der Waals surface area (Å²) in [6.07, 6.45) is 7.15. The maximum Gasteiger partial charge on any atom is 0.275 e. The second kappa shape index (κ2) is 13.7. The number of aromatic nitrogens is 2. The molecule has 0 saturated carbocycles. The number of anilines is 1. The van der Waals surface area contributed by atoms with E-state index in [4.69, 9.17) is 9.47 Å². The van der Waals surface area contributed by atoms with Gasteiger partial charge in [0.2, 0.25) is 0 Å². The standard InChI is InChI=1S/C35H40N4O4/c1-24-32(22-39-19-7-3-2-4-8-20-39)42-35(43-33(24)26-13-11-25(23-40)12-14-26)27-15-17-28(18-16-27)37-34(41)31-21-36-29-9-5-6-10-30(29)38-31/h5-6,9-18,21,24,32-33,35,40H,2-4,7-8,19-20,22-23H2,1H3,(H,37,41)/t24-,32+,33+,35+/m1/s1. The molecule has 3 aromatic carbocycles. The van der Waals surface area contributed by atoms with Gasteiger partial charge in [0.1, 0.15) is 5.69 Å². The van der Waals surface area contributed by atoms with Crippen molar-refractivity contribution < 1.29 is 19.4 Å². The molecule has 0 unspecified atom stereocenters. The van der Waals surface area contributed by atoms with Gasteiger partial charge in [-0.1, -0.05) is 74.7 Å². The van der Waals surface area contributed by atoms with E-state index in [1.807, 2.05) is 60.7 Å². The molecule has 43 heavy (non-hydrogen) atoms. The minimum absolute atomic E-state index is 0.00782. The second-order valence-electron chi connectivity index (χ2n) is 11.7. The van der Waals surface area contributed by atoms with Gasteiger partial charge in [0, 0.05) is 23.7 Å². The molecule has 0 spiro atoms. The Balaban J connectivity index is 1.19. The lowest BCUT2D eigenvalue weighted by Crippen LogP contribution is -2.45. The largest absolute Gasteiger partial charge is 0.392 e. The average molecular weight is 581 g/mol. The van der Waals surface area contributed by atoms with Crippen LogP contribution in [0.25, 0.3) is 11.0 Å². The Kier molecular flexibility index (Phi) is 9.39. The number of hydrogen-bond acceptors (Lipinski definition) is 7. The summed E-state index contributed by atoms with van der Waals surface area (Å²) in [7, 11) is 0. The van der Waals surface area contributed by atoms with Crippen LogP contribution >= 0.6 is 0 Å². The summed E-state index contributed by atoms with van der Waals surface area (Å²) in [6.45, 7) is 5.30. The average Bonchev–Trinajstić information content (AvgIpc) is 3.03. The minimum Gasteiger partial charge on any atom is -0.392 e. The number of aliphatic hydroxyl groups is 1. The van der Waals surface area contributed by atoms with E-state index in [2.05, 4.69) is 39.2 Å². The molecule has 2 N–H and O–H groups in total. The Labute approximate surface area is 253 Å². The van der Waals surface area contributed by atoms with Gasteiger partial charge in [0.25, 0.3) is 5.91 Å². The monoisotopic (exact) mass is 580 g/mol. The second-order valence-corrected chi connectivity index (χ2v) is 11.7. The number of rotatable bonds is 7. The molecule has 4 atom stereocenters. The van der Waals surface area contributed by atoms with Crippen LogP contribution in [0.1, 0.15) is 78.6 Å². The van der Waals surface area contributed by atoms with Crippen LogP contribution in [0.5, 0.6) is 0 Å². The number of carbonyl (C=O) groups is 1. The van der Waals surface area contributed by atoms with Crippen molar-refractivity contribution in [1.82, 2.24) is 14.9 Å². The molecular weight excluding hydrogens is 540 g/mol. The van der Waals surface area contributed by atoms with Crippen molar-refractivity contribution in [3.8, 4) is 0 Å². The number of hydrogen-bond donors (Lipinski definition) is 2. The summed E-state index contributed by atoms with van der Waals surface area (Å²) in [5.74, 6) is -0.173. The normalized spacial score (nSPS) is 23.4. The van der Waals surface area contributed by atoms with Gasteiger partial charge >= 0.3 is 0 Å². The van der Waals surface area contributed by atoms with E-state index >= 15 is 0 Å². The van der Waals surface area contributed by atoms with Gasteiger partial charge in [-0.25, -0.2) is 4.98 Å². The predicted molar refractivity (Wildman–Crippen MR) is 166 cm³/mol. The molecule has 0 bridgehead atoms. The van der Waals surface area contributed by atoms with E-state index in [1.165, 1.54) is 38.3 Å². The number of nitrogens with zero attached hydrogens (tertiary/aromatic N) is 3. The first-order valence-corrected chi connectivity index (χ1v) is 15.4. The van der Waals surface area contributed by atoms with Crippen LogP contribution in [-0.2, 0) is 16.1 Å². The van der Waals surface area contributed by atoms with Gasteiger partial charge in [-0.2, -0.15) is 0 Å². The van der Waals surface area contributed by atoms with Crippen molar-refractivity contribution >= 4 is 22.6 Å². The first kappa shape index (κ1) is 29.4. The first-order valence-electron chi connectivity index (χ1n) is 15.4. The van der Waals surface area contributed by atoms with E-state index < -0.39 is 6.29 Å². The predicted octanol–water partition coefficient (Wildman–Crippen LogP) is 6.43. The summed E-state index contributed by atoms with van der Waals surface area (Å²) in [5.41, 5.74) is 5.19. The van der Waals surface area contributed by atoms with Crippen molar-refractivity contribution in [1.29, 1.82) is 0 Å². The molecule has 1 aromatic heterocycles. The minimum atomic E-state index is -0.547. The summed E-state index contributed by atoms with van der Waals surface area (Å²) >= 11 is 0. The Bertz CT molecular complexity index is 1500. The molecule has 1 amide bonds. The van der Waals surface area contributed by atoms with Crippen LogP contribution in [0.2, 0.25) is 0 Å². The van der Waals surface area contributed by atoms with Crippen molar-refractivity contribution in [2.24, 2.45) is 5.92 Å². The number of amides is 1. The fraction of sp³-hybridized carbons (Fsp3) is 0.400. The Hall–Kier alpha value is -3.69. The lowest BCUT2D eigenvalue weighted by atomic mass is 9.89. The van der Waals surface area contributed by atoms with Gasteiger partial charge in [-0.15, -0.1) is 0 Å². The number of aliphatic hydroxyl groups excluding tert-OH is 1. The zero-order chi connectivity index (χ0) is 29.6. The highest BCUT2D eigenvalue weighted by atomic mass is 16.7. The number of ether oxygens (including phenoxy) is 2. The Morgan fingerprint density at radius 2 is 1.56 bits per heavy atom. The number of likely N-dealkylation sites (tertiary alicyclic amines) is 1. The molecule has 2 saturated heterocycles. The highest BCUT2D eigenvalue weighted by molar-refractivity contribution is 6.03. The van der Waals surface area contributed by atoms with Crippen LogP contribution in [-0.4, -0.2) is 51.6 Å². The smallest absolute Gasteiger partial charge is 0.275 e. The van der Waals surface area contributed by atoms with E-state index in [0.717, 1.165) is 41.8 Å². The van der Waals surface area contributed by atoms with Crippen LogP contribution in [0, 0.1) is 5.92 Å². The van der Waals surface area contributed by atoms with E-state index in [9.17, 15) is 9.90 Å².